The Morgan fingerprint density at radius 1 is 1.19 bits per heavy atom. The number of aromatic nitrogens is 1. The molecule has 0 aliphatic carbocycles. The van der Waals surface area contributed by atoms with Crippen LogP contribution >= 0.6 is 23.2 Å². The topological polar surface area (TPSA) is 64.4 Å². The second kappa shape index (κ2) is 8.93. The number of benzene rings is 2. The van der Waals surface area contributed by atoms with Gasteiger partial charge in [-0.05, 0) is 49.4 Å². The maximum absolute atomic E-state index is 12.1. The minimum atomic E-state index is -0.181. The lowest BCUT2D eigenvalue weighted by Crippen LogP contribution is -2.12. The number of hydrogen-bond donors (Lipinski definition) is 1. The van der Waals surface area contributed by atoms with Crippen molar-refractivity contribution in [1.82, 2.24) is 4.98 Å². The molecule has 1 heterocycles. The Morgan fingerprint density at radius 3 is 2.67 bits per heavy atom. The van der Waals surface area contributed by atoms with E-state index in [1.807, 2.05) is 31.2 Å². The normalized spacial score (nSPS) is 10.6. The van der Waals surface area contributed by atoms with Gasteiger partial charge in [0.2, 0.25) is 5.91 Å². The van der Waals surface area contributed by atoms with Crippen molar-refractivity contribution >= 4 is 34.8 Å². The molecule has 0 aliphatic heterocycles. The number of anilines is 1. The van der Waals surface area contributed by atoms with E-state index in [9.17, 15) is 4.79 Å². The molecule has 1 N–H and O–H groups in total. The number of amides is 1. The molecule has 3 rings (SSSR count). The third-order valence-corrected chi connectivity index (χ3v) is 4.32. The van der Waals surface area contributed by atoms with Gasteiger partial charge in [0, 0.05) is 23.4 Å². The van der Waals surface area contributed by atoms with Gasteiger partial charge in [-0.2, -0.15) is 0 Å². The zero-order chi connectivity index (χ0) is 19.2. The van der Waals surface area contributed by atoms with Crippen LogP contribution in [0.1, 0.15) is 19.2 Å². The van der Waals surface area contributed by atoms with Crippen LogP contribution in [0.2, 0.25) is 10.0 Å². The third kappa shape index (κ3) is 5.25. The van der Waals surface area contributed by atoms with Gasteiger partial charge < -0.3 is 14.5 Å². The van der Waals surface area contributed by atoms with Crippen molar-refractivity contribution in [3.8, 4) is 17.1 Å². The summed E-state index contributed by atoms with van der Waals surface area (Å²) in [6.45, 7) is 2.56. The van der Waals surface area contributed by atoms with E-state index in [4.69, 9.17) is 32.4 Å². The van der Waals surface area contributed by atoms with Crippen LogP contribution in [0.4, 0.5) is 5.69 Å². The number of nitrogens with zero attached hydrogens (tertiary/aromatic N) is 1. The maximum Gasteiger partial charge on any atom is 0.224 e. The van der Waals surface area contributed by atoms with Gasteiger partial charge in [0.25, 0.3) is 0 Å². The summed E-state index contributed by atoms with van der Waals surface area (Å²) in [6.07, 6.45) is 2.26. The minimum absolute atomic E-state index is 0.181. The number of rotatable bonds is 7. The molecule has 2 aromatic carbocycles. The van der Waals surface area contributed by atoms with Gasteiger partial charge in [0.1, 0.15) is 5.75 Å². The van der Waals surface area contributed by atoms with Gasteiger partial charge in [-0.15, -0.1) is 0 Å². The monoisotopic (exact) mass is 404 g/mol. The van der Waals surface area contributed by atoms with Gasteiger partial charge in [0.05, 0.1) is 23.5 Å². The quantitative estimate of drug-likeness (QED) is 0.554. The van der Waals surface area contributed by atoms with Crippen molar-refractivity contribution < 1.29 is 13.9 Å². The standard InChI is InChI=1S/C20H18Cl2N2O3/c1-2-26-15-6-3-13(4-7-15)18-12-23-20(27-18)10-9-19(25)24-17-8-5-14(21)11-16(17)22/h3-8,11-12H,2,9-10H2,1H3,(H,24,25). The fourth-order valence-electron chi connectivity index (χ4n) is 2.47. The lowest BCUT2D eigenvalue weighted by molar-refractivity contribution is -0.116. The first-order valence-corrected chi connectivity index (χ1v) is 9.23. The Kier molecular flexibility index (Phi) is 6.37. The number of aryl methyl sites for hydroxylation is 1. The maximum atomic E-state index is 12.1. The predicted octanol–water partition coefficient (Wildman–Crippen LogP) is 5.62. The van der Waals surface area contributed by atoms with Gasteiger partial charge in [0.15, 0.2) is 11.7 Å². The van der Waals surface area contributed by atoms with E-state index < -0.39 is 0 Å². The third-order valence-electron chi connectivity index (χ3n) is 3.77. The summed E-state index contributed by atoms with van der Waals surface area (Å²) in [4.78, 5) is 16.4. The Morgan fingerprint density at radius 2 is 1.96 bits per heavy atom. The summed E-state index contributed by atoms with van der Waals surface area (Å²) in [5.74, 6) is 1.77. The van der Waals surface area contributed by atoms with Crippen LogP contribution in [0.15, 0.2) is 53.1 Å². The second-order valence-electron chi connectivity index (χ2n) is 5.75. The first kappa shape index (κ1) is 19.3. The first-order valence-electron chi connectivity index (χ1n) is 8.48. The predicted molar refractivity (Wildman–Crippen MR) is 107 cm³/mol. The van der Waals surface area contributed by atoms with Gasteiger partial charge in [-0.1, -0.05) is 23.2 Å². The molecule has 0 bridgehead atoms. The molecule has 0 aliphatic rings. The largest absolute Gasteiger partial charge is 0.494 e. The Hall–Kier alpha value is -2.50. The highest BCUT2D eigenvalue weighted by atomic mass is 35.5. The molecule has 27 heavy (non-hydrogen) atoms. The molecule has 5 nitrogen and oxygen atoms in total. The summed E-state index contributed by atoms with van der Waals surface area (Å²) in [7, 11) is 0. The smallest absolute Gasteiger partial charge is 0.224 e. The van der Waals surface area contributed by atoms with Crippen LogP contribution in [0.5, 0.6) is 5.75 Å². The molecule has 1 amide bonds. The number of carbonyl (C=O) groups excluding carboxylic acids is 1. The van der Waals surface area contributed by atoms with E-state index in [1.165, 1.54) is 0 Å². The zero-order valence-electron chi connectivity index (χ0n) is 14.7. The van der Waals surface area contributed by atoms with Crippen LogP contribution in [0, 0.1) is 0 Å². The Labute approximate surface area is 167 Å². The fraction of sp³-hybridized carbons (Fsp3) is 0.200. The van der Waals surface area contributed by atoms with Crippen LogP contribution in [-0.4, -0.2) is 17.5 Å². The number of ether oxygens (including phenoxy) is 1. The summed E-state index contributed by atoms with van der Waals surface area (Å²) >= 11 is 11.9. The van der Waals surface area contributed by atoms with E-state index >= 15 is 0 Å². The van der Waals surface area contributed by atoms with Gasteiger partial charge in [-0.25, -0.2) is 4.98 Å². The molecule has 0 radical (unpaired) electrons. The highest BCUT2D eigenvalue weighted by Gasteiger charge is 2.11. The number of nitrogens with one attached hydrogen (secondary N) is 1. The van der Waals surface area contributed by atoms with E-state index in [-0.39, 0.29) is 12.3 Å². The summed E-state index contributed by atoms with van der Waals surface area (Å²) in [6, 6.07) is 12.5. The number of halogens is 2. The van der Waals surface area contributed by atoms with E-state index in [2.05, 4.69) is 10.3 Å². The van der Waals surface area contributed by atoms with Crippen molar-refractivity contribution in [2.24, 2.45) is 0 Å². The summed E-state index contributed by atoms with van der Waals surface area (Å²) in [5.41, 5.74) is 1.42. The Bertz CT molecular complexity index is 923. The van der Waals surface area contributed by atoms with Gasteiger partial charge in [-0.3, -0.25) is 4.79 Å². The SMILES string of the molecule is CCOc1ccc(-c2cnc(CCC(=O)Nc3ccc(Cl)cc3Cl)o2)cc1. The van der Waals surface area contributed by atoms with Crippen LogP contribution in [-0.2, 0) is 11.2 Å². The molecule has 0 fully saturated rings. The van der Waals surface area contributed by atoms with Crippen molar-refractivity contribution in [3.05, 3.63) is 64.6 Å². The van der Waals surface area contributed by atoms with Crippen molar-refractivity contribution in [2.45, 2.75) is 19.8 Å². The van der Waals surface area contributed by atoms with Gasteiger partial charge >= 0.3 is 0 Å². The molecule has 0 saturated carbocycles. The van der Waals surface area contributed by atoms with Crippen molar-refractivity contribution in [3.63, 3.8) is 0 Å². The fourth-order valence-corrected chi connectivity index (χ4v) is 2.92. The average Bonchev–Trinajstić information content (AvgIpc) is 3.12. The van der Waals surface area contributed by atoms with E-state index in [1.54, 1.807) is 24.4 Å². The molecule has 7 heteroatoms. The van der Waals surface area contributed by atoms with Crippen molar-refractivity contribution in [1.29, 1.82) is 0 Å². The van der Waals surface area contributed by atoms with E-state index in [0.717, 1.165) is 11.3 Å². The Balaban J connectivity index is 1.56. The highest BCUT2D eigenvalue weighted by Crippen LogP contribution is 2.26. The molecular weight excluding hydrogens is 387 g/mol. The molecular formula is C20H18Cl2N2O3. The highest BCUT2D eigenvalue weighted by molar-refractivity contribution is 6.36. The number of oxazole rings is 1. The lowest BCUT2D eigenvalue weighted by Gasteiger charge is -2.06. The number of carbonyl (C=O) groups is 1. The molecule has 1 aromatic heterocycles. The summed E-state index contributed by atoms with van der Waals surface area (Å²) < 4.78 is 11.2. The first-order chi connectivity index (χ1) is 13.0. The van der Waals surface area contributed by atoms with Crippen LogP contribution < -0.4 is 10.1 Å². The second-order valence-corrected chi connectivity index (χ2v) is 6.59. The number of hydrogen-bond acceptors (Lipinski definition) is 4. The minimum Gasteiger partial charge on any atom is -0.494 e. The molecule has 0 spiro atoms. The molecule has 140 valence electrons. The molecule has 3 aromatic rings. The summed E-state index contributed by atoms with van der Waals surface area (Å²) in [5, 5.41) is 3.66. The van der Waals surface area contributed by atoms with Crippen LogP contribution in [0.3, 0.4) is 0 Å². The van der Waals surface area contributed by atoms with Crippen LogP contribution in [0.25, 0.3) is 11.3 Å². The average molecular weight is 405 g/mol. The molecule has 0 atom stereocenters. The lowest BCUT2D eigenvalue weighted by atomic mass is 10.2. The van der Waals surface area contributed by atoms with E-state index in [0.29, 0.717) is 40.4 Å². The van der Waals surface area contributed by atoms with Crippen molar-refractivity contribution in [2.75, 3.05) is 11.9 Å². The molecule has 0 saturated heterocycles. The zero-order valence-corrected chi connectivity index (χ0v) is 16.2. The molecule has 0 unspecified atom stereocenters.